The maximum atomic E-state index is 12.6. The maximum absolute atomic E-state index is 12.6. The summed E-state index contributed by atoms with van der Waals surface area (Å²) >= 11 is 0. The standard InChI is InChI=1S/C27H19F3N4O/c1-33-16-34(20-7-9-21(10-8-20)35-27(28,29)30)26-22-13-17(6-11-24(22)32-15-25(26)33)19-12-18-4-2-3-5-23(18)31-14-19/h2-15H,16H2,1H3. The molecule has 0 N–H and O–H groups in total. The molecule has 0 spiro atoms. The zero-order valence-electron chi connectivity index (χ0n) is 18.6. The van der Waals surface area contributed by atoms with E-state index in [4.69, 9.17) is 0 Å². The van der Waals surface area contributed by atoms with Gasteiger partial charge in [-0.05, 0) is 54.1 Å². The third-order valence-electron chi connectivity index (χ3n) is 6.16. The van der Waals surface area contributed by atoms with Crippen LogP contribution in [0, 0.1) is 0 Å². The Balaban J connectivity index is 1.44. The molecule has 5 nitrogen and oxygen atoms in total. The van der Waals surface area contributed by atoms with Crippen molar-refractivity contribution in [3.63, 3.8) is 0 Å². The molecular formula is C27H19F3N4O. The summed E-state index contributed by atoms with van der Waals surface area (Å²) in [7, 11) is 1.96. The number of hydrogen-bond acceptors (Lipinski definition) is 5. The van der Waals surface area contributed by atoms with Gasteiger partial charge in [-0.3, -0.25) is 9.97 Å². The largest absolute Gasteiger partial charge is 0.573 e. The molecule has 174 valence electrons. The second-order valence-electron chi connectivity index (χ2n) is 8.45. The zero-order chi connectivity index (χ0) is 24.2. The first-order chi connectivity index (χ1) is 16.9. The Kier molecular flexibility index (Phi) is 4.77. The number of anilines is 3. The van der Waals surface area contributed by atoms with Crippen molar-refractivity contribution in [3.8, 4) is 16.9 Å². The summed E-state index contributed by atoms with van der Waals surface area (Å²) in [5, 5.41) is 2.01. The number of benzene rings is 3. The Bertz CT molecular complexity index is 1570. The molecule has 0 bridgehead atoms. The SMILES string of the molecule is CN1CN(c2ccc(OC(F)(F)F)cc2)c2c1cnc1ccc(-c3cnc4ccccc4c3)cc21. The van der Waals surface area contributed by atoms with E-state index in [0.29, 0.717) is 6.67 Å². The second kappa shape index (κ2) is 7.87. The summed E-state index contributed by atoms with van der Waals surface area (Å²) in [4.78, 5) is 13.4. The molecule has 35 heavy (non-hydrogen) atoms. The molecule has 0 unspecified atom stereocenters. The van der Waals surface area contributed by atoms with E-state index in [2.05, 4.69) is 36.6 Å². The van der Waals surface area contributed by atoms with Gasteiger partial charge in [0, 0.05) is 35.3 Å². The van der Waals surface area contributed by atoms with Gasteiger partial charge in [0.1, 0.15) is 5.75 Å². The number of rotatable bonds is 3. The Labute approximate surface area is 199 Å². The number of para-hydroxylation sites is 1. The quantitative estimate of drug-likeness (QED) is 0.286. The van der Waals surface area contributed by atoms with Crippen LogP contribution in [0.15, 0.2) is 85.2 Å². The van der Waals surface area contributed by atoms with Crippen LogP contribution < -0.4 is 14.5 Å². The third-order valence-corrected chi connectivity index (χ3v) is 6.16. The van der Waals surface area contributed by atoms with E-state index in [1.807, 2.05) is 55.8 Å². The first-order valence-corrected chi connectivity index (χ1v) is 11.0. The van der Waals surface area contributed by atoms with Crippen molar-refractivity contribution in [1.29, 1.82) is 0 Å². The molecule has 3 heterocycles. The molecule has 1 aliphatic heterocycles. The molecule has 0 amide bonds. The van der Waals surface area contributed by atoms with Crippen LogP contribution in [0.3, 0.4) is 0 Å². The minimum Gasteiger partial charge on any atom is -0.406 e. The number of ether oxygens (including phenoxy) is 1. The molecule has 0 atom stereocenters. The first kappa shape index (κ1) is 21.2. The number of hydrogen-bond donors (Lipinski definition) is 0. The number of halogens is 3. The molecule has 2 aromatic heterocycles. The fraction of sp³-hybridized carbons (Fsp3) is 0.111. The maximum Gasteiger partial charge on any atom is 0.573 e. The smallest absolute Gasteiger partial charge is 0.406 e. The van der Waals surface area contributed by atoms with Gasteiger partial charge in [-0.25, -0.2) is 0 Å². The number of pyridine rings is 2. The average molecular weight is 472 g/mol. The van der Waals surface area contributed by atoms with Crippen molar-refractivity contribution in [2.24, 2.45) is 0 Å². The van der Waals surface area contributed by atoms with Crippen molar-refractivity contribution in [2.75, 3.05) is 23.5 Å². The van der Waals surface area contributed by atoms with Crippen molar-refractivity contribution in [2.45, 2.75) is 6.36 Å². The Morgan fingerprint density at radius 3 is 2.40 bits per heavy atom. The molecule has 0 aliphatic carbocycles. The first-order valence-electron chi connectivity index (χ1n) is 11.0. The predicted molar refractivity (Wildman–Crippen MR) is 131 cm³/mol. The molecule has 0 saturated carbocycles. The lowest BCUT2D eigenvalue weighted by Gasteiger charge is -2.21. The van der Waals surface area contributed by atoms with Crippen LogP contribution in [-0.4, -0.2) is 30.0 Å². The molecule has 0 radical (unpaired) electrons. The Morgan fingerprint density at radius 1 is 0.829 bits per heavy atom. The van der Waals surface area contributed by atoms with Crippen molar-refractivity contribution in [3.05, 3.63) is 85.2 Å². The minimum atomic E-state index is -4.72. The van der Waals surface area contributed by atoms with Crippen LogP contribution >= 0.6 is 0 Å². The number of fused-ring (bicyclic) bond motifs is 4. The van der Waals surface area contributed by atoms with Crippen LogP contribution in [-0.2, 0) is 0 Å². The average Bonchev–Trinajstić information content (AvgIpc) is 3.20. The number of aromatic nitrogens is 2. The zero-order valence-corrected chi connectivity index (χ0v) is 18.6. The monoisotopic (exact) mass is 472 g/mol. The highest BCUT2D eigenvalue weighted by Crippen LogP contribution is 2.45. The van der Waals surface area contributed by atoms with Gasteiger partial charge in [0.05, 0.1) is 35.3 Å². The molecule has 5 aromatic rings. The van der Waals surface area contributed by atoms with E-state index in [9.17, 15) is 13.2 Å². The van der Waals surface area contributed by atoms with Gasteiger partial charge in [0.25, 0.3) is 0 Å². The van der Waals surface area contributed by atoms with E-state index < -0.39 is 6.36 Å². The van der Waals surface area contributed by atoms with Gasteiger partial charge < -0.3 is 14.5 Å². The van der Waals surface area contributed by atoms with Crippen LogP contribution in [0.5, 0.6) is 5.75 Å². The van der Waals surface area contributed by atoms with Crippen molar-refractivity contribution < 1.29 is 17.9 Å². The fourth-order valence-electron chi connectivity index (χ4n) is 4.54. The number of alkyl halides is 3. The Morgan fingerprint density at radius 2 is 1.60 bits per heavy atom. The minimum absolute atomic E-state index is 0.250. The summed E-state index contributed by atoms with van der Waals surface area (Å²) in [6.07, 6.45) is -1.03. The lowest BCUT2D eigenvalue weighted by molar-refractivity contribution is -0.274. The van der Waals surface area contributed by atoms with E-state index in [1.165, 1.54) is 12.1 Å². The summed E-state index contributed by atoms with van der Waals surface area (Å²) in [6.45, 7) is 0.539. The van der Waals surface area contributed by atoms with Crippen LogP contribution in [0.1, 0.15) is 0 Å². The number of nitrogens with zero attached hydrogens (tertiary/aromatic N) is 4. The second-order valence-corrected chi connectivity index (χ2v) is 8.45. The summed E-state index contributed by atoms with van der Waals surface area (Å²) in [5.41, 5.74) is 6.43. The van der Waals surface area contributed by atoms with Gasteiger partial charge in [0.15, 0.2) is 0 Å². The van der Waals surface area contributed by atoms with E-state index >= 15 is 0 Å². The lowest BCUT2D eigenvalue weighted by Crippen LogP contribution is -2.24. The summed E-state index contributed by atoms with van der Waals surface area (Å²) in [6, 6.07) is 22.1. The van der Waals surface area contributed by atoms with Crippen molar-refractivity contribution >= 4 is 38.9 Å². The molecule has 0 fully saturated rings. The van der Waals surface area contributed by atoms with Gasteiger partial charge in [-0.15, -0.1) is 13.2 Å². The molecule has 6 rings (SSSR count). The summed E-state index contributed by atoms with van der Waals surface area (Å²) in [5.74, 6) is -0.250. The molecule has 1 aliphatic rings. The van der Waals surface area contributed by atoms with E-state index in [-0.39, 0.29) is 5.75 Å². The van der Waals surface area contributed by atoms with Gasteiger partial charge in [-0.1, -0.05) is 24.3 Å². The molecule has 3 aromatic carbocycles. The van der Waals surface area contributed by atoms with Crippen LogP contribution in [0.25, 0.3) is 32.9 Å². The lowest BCUT2D eigenvalue weighted by atomic mass is 10.0. The van der Waals surface area contributed by atoms with E-state index in [1.54, 1.807) is 12.1 Å². The third kappa shape index (κ3) is 3.86. The van der Waals surface area contributed by atoms with Gasteiger partial charge in [-0.2, -0.15) is 0 Å². The Hall–Kier alpha value is -4.33. The topological polar surface area (TPSA) is 41.5 Å². The van der Waals surface area contributed by atoms with Gasteiger partial charge in [0.2, 0.25) is 0 Å². The normalized spacial score (nSPS) is 13.5. The highest BCUT2D eigenvalue weighted by Gasteiger charge is 2.31. The predicted octanol–water partition coefficient (Wildman–Crippen LogP) is 6.89. The highest BCUT2D eigenvalue weighted by atomic mass is 19.4. The van der Waals surface area contributed by atoms with Gasteiger partial charge >= 0.3 is 6.36 Å². The highest BCUT2D eigenvalue weighted by molar-refractivity contribution is 6.04. The fourth-order valence-corrected chi connectivity index (χ4v) is 4.54. The van der Waals surface area contributed by atoms with Crippen molar-refractivity contribution in [1.82, 2.24) is 9.97 Å². The van der Waals surface area contributed by atoms with Crippen LogP contribution in [0.4, 0.5) is 30.2 Å². The van der Waals surface area contributed by atoms with Crippen LogP contribution in [0.2, 0.25) is 0 Å². The molecular weight excluding hydrogens is 453 g/mol. The van der Waals surface area contributed by atoms with E-state index in [0.717, 1.165) is 50.0 Å². The molecule has 0 saturated heterocycles. The molecule has 8 heteroatoms. The summed E-state index contributed by atoms with van der Waals surface area (Å²) < 4.78 is 41.8.